The number of fused-ring (bicyclic) bond motifs is 1. The van der Waals surface area contributed by atoms with Gasteiger partial charge in [-0.1, -0.05) is 6.42 Å². The number of rotatable bonds is 10. The molecule has 0 unspecified atom stereocenters. The first-order chi connectivity index (χ1) is 20.1. The van der Waals surface area contributed by atoms with Crippen LogP contribution in [0.1, 0.15) is 37.0 Å². The third-order valence-electron chi connectivity index (χ3n) is 7.88. The molecule has 2 saturated heterocycles. The molecule has 41 heavy (non-hydrogen) atoms. The van der Waals surface area contributed by atoms with Gasteiger partial charge in [-0.15, -0.1) is 11.3 Å². The molecule has 2 N–H and O–H groups in total. The van der Waals surface area contributed by atoms with E-state index < -0.39 is 0 Å². The van der Waals surface area contributed by atoms with E-state index in [1.54, 1.807) is 39.0 Å². The highest BCUT2D eigenvalue weighted by atomic mass is 32.1. The molecule has 2 fully saturated rings. The van der Waals surface area contributed by atoms with E-state index in [-0.39, 0.29) is 12.6 Å². The second-order valence-corrected chi connectivity index (χ2v) is 11.6. The predicted molar refractivity (Wildman–Crippen MR) is 160 cm³/mol. The van der Waals surface area contributed by atoms with Crippen molar-refractivity contribution in [1.29, 1.82) is 0 Å². The topological polar surface area (TPSA) is 110 Å². The Morgan fingerprint density at radius 2 is 1.76 bits per heavy atom. The van der Waals surface area contributed by atoms with Crippen molar-refractivity contribution in [2.75, 3.05) is 57.8 Å². The third kappa shape index (κ3) is 5.64. The zero-order valence-electron chi connectivity index (χ0n) is 23.8. The molecule has 3 aromatic heterocycles. The van der Waals surface area contributed by atoms with E-state index in [1.165, 1.54) is 24.1 Å². The third-order valence-corrected chi connectivity index (χ3v) is 8.90. The van der Waals surface area contributed by atoms with Gasteiger partial charge < -0.3 is 34.1 Å². The maximum atomic E-state index is 9.97. The number of piperidine rings is 1. The van der Waals surface area contributed by atoms with Crippen LogP contribution in [0.4, 0.5) is 17.6 Å². The molecule has 0 saturated carbocycles. The van der Waals surface area contributed by atoms with Crippen LogP contribution in [0.15, 0.2) is 30.7 Å². The number of ether oxygens (including phenoxy) is 3. The van der Waals surface area contributed by atoms with Gasteiger partial charge in [0.2, 0.25) is 11.7 Å². The van der Waals surface area contributed by atoms with Gasteiger partial charge in [-0.05, 0) is 44.8 Å². The molecule has 2 aliphatic rings. The van der Waals surface area contributed by atoms with Crippen LogP contribution in [-0.4, -0.2) is 83.1 Å². The molecule has 5 heterocycles. The van der Waals surface area contributed by atoms with E-state index in [1.807, 2.05) is 22.9 Å². The fraction of sp³-hybridized carbons (Fsp3) is 0.483. The van der Waals surface area contributed by atoms with Gasteiger partial charge in [0, 0.05) is 30.1 Å². The molecule has 4 aromatic rings. The summed E-state index contributed by atoms with van der Waals surface area (Å²) in [6, 6.07) is 6.00. The minimum Gasteiger partial charge on any atom is -0.493 e. The van der Waals surface area contributed by atoms with E-state index in [2.05, 4.69) is 26.2 Å². The second kappa shape index (κ2) is 12.1. The lowest BCUT2D eigenvalue weighted by molar-refractivity contribution is 0.223. The fourth-order valence-corrected chi connectivity index (χ4v) is 6.82. The van der Waals surface area contributed by atoms with Gasteiger partial charge in [0.15, 0.2) is 11.5 Å². The standard InChI is InChI=1S/C29H37N7O4S/c1-38-23-12-20(13-24(39-2)26(23)40-3)35-16-25(30-18-35)31-27-22-14-21(15-34-9-5-4-6-10-34)41-28(22)33-29(32-27)36-11-7-8-19(36)17-37/h12-14,16,18-19,37H,4-11,15,17H2,1-3H3,(H,31,32,33)/t19-/m0/s1. The molecule has 1 atom stereocenters. The van der Waals surface area contributed by atoms with Gasteiger partial charge in [-0.2, -0.15) is 4.98 Å². The molecule has 2 aliphatic heterocycles. The Hall–Kier alpha value is -3.61. The first-order valence-electron chi connectivity index (χ1n) is 14.1. The maximum Gasteiger partial charge on any atom is 0.229 e. The molecule has 0 spiro atoms. The Balaban J connectivity index is 1.34. The number of benzene rings is 1. The number of imidazole rings is 1. The molecule has 218 valence electrons. The Labute approximate surface area is 243 Å². The summed E-state index contributed by atoms with van der Waals surface area (Å²) in [5.74, 6) is 3.67. The molecule has 0 radical (unpaired) electrons. The number of aliphatic hydroxyl groups is 1. The number of thiophene rings is 1. The van der Waals surface area contributed by atoms with Crippen LogP contribution >= 0.6 is 11.3 Å². The van der Waals surface area contributed by atoms with E-state index >= 15 is 0 Å². The average Bonchev–Trinajstić information content (AvgIpc) is 3.76. The predicted octanol–water partition coefficient (Wildman–Crippen LogP) is 4.59. The number of likely N-dealkylation sites (tertiary alicyclic amines) is 1. The van der Waals surface area contributed by atoms with Gasteiger partial charge in [0.05, 0.1) is 51.2 Å². The van der Waals surface area contributed by atoms with Crippen LogP contribution in [0.2, 0.25) is 0 Å². The van der Waals surface area contributed by atoms with Crippen molar-refractivity contribution in [3.8, 4) is 22.9 Å². The molecule has 11 nitrogen and oxygen atoms in total. The average molecular weight is 580 g/mol. The highest BCUT2D eigenvalue weighted by Gasteiger charge is 2.28. The van der Waals surface area contributed by atoms with E-state index in [0.29, 0.717) is 34.8 Å². The minimum atomic E-state index is 0.0346. The number of hydrogen-bond acceptors (Lipinski definition) is 11. The summed E-state index contributed by atoms with van der Waals surface area (Å²) >= 11 is 1.72. The summed E-state index contributed by atoms with van der Waals surface area (Å²) in [6.07, 6.45) is 9.42. The highest BCUT2D eigenvalue weighted by Crippen LogP contribution is 2.40. The summed E-state index contributed by atoms with van der Waals surface area (Å²) in [7, 11) is 4.79. The molecule has 0 amide bonds. The van der Waals surface area contributed by atoms with Crippen LogP contribution in [0.3, 0.4) is 0 Å². The van der Waals surface area contributed by atoms with Gasteiger partial charge in [0.1, 0.15) is 22.8 Å². The number of methoxy groups -OCH3 is 3. The van der Waals surface area contributed by atoms with Crippen molar-refractivity contribution >= 4 is 39.1 Å². The molecule has 12 heteroatoms. The minimum absolute atomic E-state index is 0.0346. The first kappa shape index (κ1) is 27.6. The quantitative estimate of drug-likeness (QED) is 0.277. The molecule has 6 rings (SSSR count). The molecule has 0 bridgehead atoms. The molecular weight excluding hydrogens is 542 g/mol. The molecule has 0 aliphatic carbocycles. The Morgan fingerprint density at radius 3 is 2.46 bits per heavy atom. The summed E-state index contributed by atoms with van der Waals surface area (Å²) in [5, 5.41) is 14.4. The van der Waals surface area contributed by atoms with Gasteiger partial charge in [0.25, 0.3) is 0 Å². The van der Waals surface area contributed by atoms with Crippen LogP contribution in [0, 0.1) is 0 Å². The maximum absolute atomic E-state index is 9.97. The van der Waals surface area contributed by atoms with Crippen LogP contribution in [-0.2, 0) is 6.54 Å². The Morgan fingerprint density at radius 1 is 0.976 bits per heavy atom. The van der Waals surface area contributed by atoms with E-state index in [9.17, 15) is 5.11 Å². The zero-order chi connectivity index (χ0) is 28.3. The Kier molecular flexibility index (Phi) is 8.13. The number of anilines is 3. The van der Waals surface area contributed by atoms with Crippen molar-refractivity contribution in [1.82, 2.24) is 24.4 Å². The van der Waals surface area contributed by atoms with Gasteiger partial charge in [-0.3, -0.25) is 4.90 Å². The van der Waals surface area contributed by atoms with Crippen molar-refractivity contribution < 1.29 is 19.3 Å². The number of aromatic nitrogens is 4. The van der Waals surface area contributed by atoms with Crippen molar-refractivity contribution in [3.63, 3.8) is 0 Å². The number of aliphatic hydroxyl groups excluding tert-OH is 1. The van der Waals surface area contributed by atoms with E-state index in [4.69, 9.17) is 24.2 Å². The van der Waals surface area contributed by atoms with E-state index in [0.717, 1.165) is 54.9 Å². The monoisotopic (exact) mass is 579 g/mol. The van der Waals surface area contributed by atoms with Crippen molar-refractivity contribution in [2.45, 2.75) is 44.7 Å². The fourth-order valence-electron chi connectivity index (χ4n) is 5.75. The SMILES string of the molecule is COc1cc(-n2cnc(Nc3nc(N4CCC[C@H]4CO)nc4sc(CN5CCCCC5)cc34)c2)cc(OC)c1OC. The smallest absolute Gasteiger partial charge is 0.229 e. The van der Waals surface area contributed by atoms with Crippen LogP contribution < -0.4 is 24.4 Å². The van der Waals surface area contributed by atoms with Crippen LogP contribution in [0.25, 0.3) is 15.9 Å². The number of nitrogens with one attached hydrogen (secondary N) is 1. The lowest BCUT2D eigenvalue weighted by Gasteiger charge is -2.25. The summed E-state index contributed by atoms with van der Waals surface area (Å²) in [5.41, 5.74) is 0.816. The lowest BCUT2D eigenvalue weighted by Crippen LogP contribution is -2.33. The lowest BCUT2D eigenvalue weighted by atomic mass is 10.1. The number of hydrogen-bond donors (Lipinski definition) is 2. The second-order valence-electron chi connectivity index (χ2n) is 10.5. The zero-order valence-corrected chi connectivity index (χ0v) is 24.6. The summed E-state index contributed by atoms with van der Waals surface area (Å²) in [4.78, 5) is 21.5. The normalized spacial score (nSPS) is 17.8. The largest absolute Gasteiger partial charge is 0.493 e. The van der Waals surface area contributed by atoms with Gasteiger partial charge in [-0.25, -0.2) is 9.97 Å². The molecular formula is C29H37N7O4S. The highest BCUT2D eigenvalue weighted by molar-refractivity contribution is 7.18. The Bertz CT molecular complexity index is 1470. The summed E-state index contributed by atoms with van der Waals surface area (Å²) in [6.45, 7) is 4.13. The summed E-state index contributed by atoms with van der Waals surface area (Å²) < 4.78 is 18.4. The molecule has 1 aromatic carbocycles. The van der Waals surface area contributed by atoms with Crippen LogP contribution in [0.5, 0.6) is 17.2 Å². The first-order valence-corrected chi connectivity index (χ1v) is 14.9. The van der Waals surface area contributed by atoms with Crippen molar-refractivity contribution in [2.24, 2.45) is 0 Å². The number of nitrogens with zero attached hydrogens (tertiary/aromatic N) is 6. The van der Waals surface area contributed by atoms with Gasteiger partial charge >= 0.3 is 0 Å². The van der Waals surface area contributed by atoms with Crippen molar-refractivity contribution in [3.05, 3.63) is 35.6 Å².